The van der Waals surface area contributed by atoms with Gasteiger partial charge in [-0.2, -0.15) is 0 Å². The number of nitrogens with one attached hydrogen (secondary N) is 1. The van der Waals surface area contributed by atoms with E-state index in [0.717, 1.165) is 53.6 Å². The summed E-state index contributed by atoms with van der Waals surface area (Å²) in [4.78, 5) is 30.5. The third-order valence-corrected chi connectivity index (χ3v) is 7.04. The first-order chi connectivity index (χ1) is 17.5. The summed E-state index contributed by atoms with van der Waals surface area (Å²) in [6.45, 7) is 10.2. The van der Waals surface area contributed by atoms with E-state index >= 15 is 0 Å². The van der Waals surface area contributed by atoms with Gasteiger partial charge in [-0.3, -0.25) is 9.59 Å². The van der Waals surface area contributed by atoms with Crippen LogP contribution in [0.3, 0.4) is 0 Å². The van der Waals surface area contributed by atoms with Crippen molar-refractivity contribution in [3.8, 4) is 0 Å². The topological polar surface area (TPSA) is 66.8 Å². The monoisotopic (exact) mass is 492 g/mol. The molecule has 0 saturated carbocycles. The van der Waals surface area contributed by atoms with Crippen LogP contribution in [0.15, 0.2) is 54.7 Å². The normalized spacial score (nSPS) is 13.1. The van der Waals surface area contributed by atoms with Gasteiger partial charge in [0, 0.05) is 56.5 Å². The van der Waals surface area contributed by atoms with Gasteiger partial charge in [0.2, 0.25) is 12.3 Å². The van der Waals surface area contributed by atoms with Crippen LogP contribution in [0.1, 0.15) is 42.5 Å². The van der Waals surface area contributed by atoms with E-state index in [1.165, 1.54) is 0 Å². The molecule has 0 aliphatic rings. The van der Waals surface area contributed by atoms with Crippen LogP contribution in [-0.4, -0.2) is 73.1 Å². The number of rotatable bonds is 14. The van der Waals surface area contributed by atoms with Gasteiger partial charge >= 0.3 is 0 Å². The Bertz CT molecular complexity index is 1140. The number of aryl methyl sites for hydroxylation is 2. The van der Waals surface area contributed by atoms with Gasteiger partial charge in [0.05, 0.1) is 18.6 Å². The number of fused-ring (bicyclic) bond motifs is 1. The molecule has 2 unspecified atom stereocenters. The van der Waals surface area contributed by atoms with Crippen LogP contribution in [0.5, 0.6) is 0 Å². The molecule has 7 heteroatoms. The third-order valence-electron chi connectivity index (χ3n) is 7.04. The fraction of sp³-hybridized carbons (Fsp3) is 0.448. The number of nitrogens with zero attached hydrogens (tertiary/aromatic N) is 3. The molecule has 0 spiro atoms. The summed E-state index contributed by atoms with van der Waals surface area (Å²) in [6, 6.07) is 15.6. The molecule has 0 radical (unpaired) electrons. The minimum atomic E-state index is -0.587. The fourth-order valence-electron chi connectivity index (χ4n) is 4.99. The predicted molar refractivity (Wildman–Crippen MR) is 145 cm³/mol. The SMILES string of the molecule is CCN(CC)CCNC(=O)C(c1ccccc1C)C(c1cn(C)c2ccccc12)N(C=O)CCOC. The molecule has 0 aliphatic heterocycles. The lowest BCUT2D eigenvalue weighted by Gasteiger charge is -2.35. The van der Waals surface area contributed by atoms with Gasteiger partial charge < -0.3 is 24.4 Å². The van der Waals surface area contributed by atoms with Gasteiger partial charge in [0.1, 0.15) is 0 Å². The average Bonchev–Trinajstić information content (AvgIpc) is 3.23. The maximum absolute atomic E-state index is 14.0. The summed E-state index contributed by atoms with van der Waals surface area (Å²) in [7, 11) is 3.62. The van der Waals surface area contributed by atoms with E-state index in [1.807, 2.05) is 56.6 Å². The maximum Gasteiger partial charge on any atom is 0.230 e. The third kappa shape index (κ3) is 6.15. The average molecular weight is 493 g/mol. The molecule has 36 heavy (non-hydrogen) atoms. The van der Waals surface area contributed by atoms with Crippen LogP contribution in [0.2, 0.25) is 0 Å². The Kier molecular flexibility index (Phi) is 10.1. The molecule has 3 aromatic rings. The Morgan fingerprint density at radius 1 is 1.06 bits per heavy atom. The Morgan fingerprint density at radius 3 is 2.42 bits per heavy atom. The van der Waals surface area contributed by atoms with E-state index in [4.69, 9.17) is 4.74 Å². The Labute approximate surface area is 215 Å². The molecule has 0 fully saturated rings. The van der Waals surface area contributed by atoms with Crippen molar-refractivity contribution in [1.82, 2.24) is 19.7 Å². The highest BCUT2D eigenvalue weighted by Gasteiger charge is 2.37. The number of benzene rings is 2. The number of amides is 2. The Balaban J connectivity index is 2.13. The molecular weight excluding hydrogens is 452 g/mol. The molecule has 1 heterocycles. The van der Waals surface area contributed by atoms with E-state index in [1.54, 1.807) is 12.0 Å². The number of hydrogen-bond donors (Lipinski definition) is 1. The molecule has 2 atom stereocenters. The van der Waals surface area contributed by atoms with Crippen molar-refractivity contribution in [2.45, 2.75) is 32.7 Å². The largest absolute Gasteiger partial charge is 0.383 e. The fourth-order valence-corrected chi connectivity index (χ4v) is 4.99. The molecule has 2 aromatic carbocycles. The van der Waals surface area contributed by atoms with Crippen molar-refractivity contribution in [1.29, 1.82) is 0 Å². The summed E-state index contributed by atoms with van der Waals surface area (Å²) in [5.74, 6) is -0.672. The van der Waals surface area contributed by atoms with Gasteiger partial charge in [-0.1, -0.05) is 56.3 Å². The molecule has 0 bridgehead atoms. The lowest BCUT2D eigenvalue weighted by atomic mass is 9.83. The van der Waals surface area contributed by atoms with Crippen LogP contribution in [0.4, 0.5) is 0 Å². The van der Waals surface area contributed by atoms with Crippen LogP contribution in [0.25, 0.3) is 10.9 Å². The molecule has 194 valence electrons. The lowest BCUT2D eigenvalue weighted by Crippen LogP contribution is -2.43. The standard InChI is InChI=1S/C29H40N4O3/c1-6-32(7-2)17-16-30-29(35)27(23-13-9-8-12-22(23)3)28(33(21-34)18-19-36-5)25-20-31(4)26-15-11-10-14-24(25)26/h8-15,20-21,27-28H,6-7,16-19H2,1-5H3,(H,30,35). The minimum absolute atomic E-state index is 0.0846. The number of likely N-dealkylation sites (N-methyl/N-ethyl adjacent to an activating group) is 1. The van der Waals surface area contributed by atoms with Crippen LogP contribution in [0, 0.1) is 6.92 Å². The molecule has 1 aromatic heterocycles. The first-order valence-electron chi connectivity index (χ1n) is 12.8. The number of carbonyl (C=O) groups excluding carboxylic acids is 2. The van der Waals surface area contributed by atoms with Crippen molar-refractivity contribution in [3.63, 3.8) is 0 Å². The second-order valence-corrected chi connectivity index (χ2v) is 9.15. The van der Waals surface area contributed by atoms with E-state index in [0.29, 0.717) is 19.7 Å². The van der Waals surface area contributed by atoms with E-state index in [9.17, 15) is 9.59 Å². The summed E-state index contributed by atoms with van der Waals surface area (Å²) < 4.78 is 7.39. The highest BCUT2D eigenvalue weighted by molar-refractivity contribution is 5.89. The molecule has 7 nitrogen and oxygen atoms in total. The smallest absolute Gasteiger partial charge is 0.230 e. The highest BCUT2D eigenvalue weighted by atomic mass is 16.5. The summed E-state index contributed by atoms with van der Waals surface area (Å²) in [5.41, 5.74) is 3.94. The lowest BCUT2D eigenvalue weighted by molar-refractivity contribution is -0.127. The summed E-state index contributed by atoms with van der Waals surface area (Å²) in [6.07, 6.45) is 2.90. The first kappa shape index (κ1) is 27.4. The molecule has 3 rings (SSSR count). The molecule has 1 N–H and O–H groups in total. The highest BCUT2D eigenvalue weighted by Crippen LogP contribution is 2.40. The second-order valence-electron chi connectivity index (χ2n) is 9.15. The van der Waals surface area contributed by atoms with E-state index < -0.39 is 12.0 Å². The van der Waals surface area contributed by atoms with Crippen molar-refractivity contribution in [3.05, 3.63) is 71.4 Å². The Hall–Kier alpha value is -3.16. The van der Waals surface area contributed by atoms with Gasteiger partial charge in [-0.05, 0) is 37.2 Å². The summed E-state index contributed by atoms with van der Waals surface area (Å²) >= 11 is 0. The molecular formula is C29H40N4O3. The van der Waals surface area contributed by atoms with Gasteiger partial charge in [0.15, 0.2) is 0 Å². The molecule has 0 saturated heterocycles. The summed E-state index contributed by atoms with van der Waals surface area (Å²) in [5, 5.41) is 4.22. The first-order valence-corrected chi connectivity index (χ1v) is 12.8. The quantitative estimate of drug-likeness (QED) is 0.347. The van der Waals surface area contributed by atoms with Crippen molar-refractivity contribution >= 4 is 23.2 Å². The van der Waals surface area contributed by atoms with Crippen LogP contribution in [-0.2, 0) is 21.4 Å². The van der Waals surface area contributed by atoms with Crippen molar-refractivity contribution < 1.29 is 14.3 Å². The zero-order valence-electron chi connectivity index (χ0n) is 22.2. The maximum atomic E-state index is 14.0. The predicted octanol–water partition coefficient (Wildman–Crippen LogP) is 3.87. The molecule has 2 amide bonds. The second kappa shape index (κ2) is 13.2. The van der Waals surface area contributed by atoms with Gasteiger partial charge in [-0.25, -0.2) is 0 Å². The number of carbonyl (C=O) groups is 2. The number of methoxy groups -OCH3 is 1. The molecule has 0 aliphatic carbocycles. The van der Waals surface area contributed by atoms with Crippen LogP contribution < -0.4 is 5.32 Å². The van der Waals surface area contributed by atoms with E-state index in [2.05, 4.69) is 40.8 Å². The van der Waals surface area contributed by atoms with Crippen LogP contribution >= 0.6 is 0 Å². The zero-order chi connectivity index (χ0) is 26.1. The Morgan fingerprint density at radius 2 is 1.75 bits per heavy atom. The minimum Gasteiger partial charge on any atom is -0.383 e. The number of aromatic nitrogens is 1. The van der Waals surface area contributed by atoms with E-state index in [-0.39, 0.29) is 5.91 Å². The number of ether oxygens (including phenoxy) is 1. The van der Waals surface area contributed by atoms with Crippen molar-refractivity contribution in [2.24, 2.45) is 7.05 Å². The zero-order valence-corrected chi connectivity index (χ0v) is 22.2. The van der Waals surface area contributed by atoms with Crippen molar-refractivity contribution in [2.75, 3.05) is 46.4 Å². The van der Waals surface area contributed by atoms with Gasteiger partial charge in [0.25, 0.3) is 0 Å². The number of para-hydroxylation sites is 1. The number of hydrogen-bond acceptors (Lipinski definition) is 4. The van der Waals surface area contributed by atoms with Gasteiger partial charge in [-0.15, -0.1) is 0 Å².